The number of phenols is 1. The number of para-hydroxylation sites is 1. The molecular weight excluding hydrogens is 314 g/mol. The van der Waals surface area contributed by atoms with Crippen LogP contribution in [0.25, 0.3) is 0 Å². The summed E-state index contributed by atoms with van der Waals surface area (Å²) in [6.07, 6.45) is 3.10. The molecule has 2 heterocycles. The van der Waals surface area contributed by atoms with Crippen LogP contribution in [0.2, 0.25) is 0 Å². The molecule has 1 aliphatic heterocycles. The van der Waals surface area contributed by atoms with Crippen LogP contribution in [-0.4, -0.2) is 20.9 Å². The molecule has 0 radical (unpaired) electrons. The first kappa shape index (κ1) is 15.2. The smallest absolute Gasteiger partial charge is 0.258 e. The average molecular weight is 331 g/mol. The van der Waals surface area contributed by atoms with E-state index in [2.05, 4.69) is 10.3 Å². The van der Waals surface area contributed by atoms with E-state index in [1.807, 2.05) is 42.5 Å². The number of hydrogen-bond acceptors (Lipinski definition) is 4. The molecule has 5 heteroatoms. The predicted molar refractivity (Wildman–Crippen MR) is 95.0 cm³/mol. The SMILES string of the molecule is O=C1c2ccccc2NC(c2cccc(O)c2)N1Cc1cccnc1. The Balaban J connectivity index is 1.77. The first-order valence-corrected chi connectivity index (χ1v) is 8.07. The lowest BCUT2D eigenvalue weighted by Gasteiger charge is -2.38. The minimum atomic E-state index is -0.366. The van der Waals surface area contributed by atoms with Gasteiger partial charge < -0.3 is 15.3 Å². The Morgan fingerprint density at radius 2 is 1.96 bits per heavy atom. The van der Waals surface area contributed by atoms with Crippen molar-refractivity contribution in [3.8, 4) is 5.75 Å². The van der Waals surface area contributed by atoms with Crippen LogP contribution in [0.15, 0.2) is 73.1 Å². The second-order valence-electron chi connectivity index (χ2n) is 5.98. The first-order valence-electron chi connectivity index (χ1n) is 8.07. The normalized spacial score (nSPS) is 16.2. The number of carbonyl (C=O) groups is 1. The van der Waals surface area contributed by atoms with Gasteiger partial charge in [-0.1, -0.05) is 30.3 Å². The number of aromatic nitrogens is 1. The van der Waals surface area contributed by atoms with E-state index in [0.717, 1.165) is 16.8 Å². The number of amides is 1. The predicted octanol–water partition coefficient (Wildman–Crippen LogP) is 3.55. The van der Waals surface area contributed by atoms with E-state index in [4.69, 9.17) is 0 Å². The second-order valence-corrected chi connectivity index (χ2v) is 5.98. The largest absolute Gasteiger partial charge is 0.508 e. The molecule has 4 rings (SSSR count). The highest BCUT2D eigenvalue weighted by atomic mass is 16.3. The highest BCUT2D eigenvalue weighted by Crippen LogP contribution is 2.34. The summed E-state index contributed by atoms with van der Waals surface area (Å²) in [5.74, 6) is 0.124. The number of hydrogen-bond donors (Lipinski definition) is 2. The van der Waals surface area contributed by atoms with E-state index < -0.39 is 0 Å². The fourth-order valence-corrected chi connectivity index (χ4v) is 3.10. The minimum Gasteiger partial charge on any atom is -0.508 e. The van der Waals surface area contributed by atoms with Crippen LogP contribution in [0.1, 0.15) is 27.7 Å². The molecule has 0 aliphatic carbocycles. The molecule has 1 amide bonds. The van der Waals surface area contributed by atoms with Crippen molar-refractivity contribution < 1.29 is 9.90 Å². The molecule has 0 saturated heterocycles. The van der Waals surface area contributed by atoms with E-state index in [0.29, 0.717) is 12.1 Å². The lowest BCUT2D eigenvalue weighted by Crippen LogP contribution is -2.42. The van der Waals surface area contributed by atoms with Crippen LogP contribution < -0.4 is 5.32 Å². The molecule has 124 valence electrons. The second kappa shape index (κ2) is 6.28. The molecular formula is C20H17N3O2. The zero-order chi connectivity index (χ0) is 17.2. The van der Waals surface area contributed by atoms with Crippen molar-refractivity contribution in [2.75, 3.05) is 5.32 Å². The molecule has 25 heavy (non-hydrogen) atoms. The van der Waals surface area contributed by atoms with E-state index in [9.17, 15) is 9.90 Å². The molecule has 5 nitrogen and oxygen atoms in total. The van der Waals surface area contributed by atoms with Crippen LogP contribution in [0.5, 0.6) is 5.75 Å². The molecule has 2 N–H and O–H groups in total. The fourth-order valence-electron chi connectivity index (χ4n) is 3.10. The number of anilines is 1. The number of aromatic hydroxyl groups is 1. The molecule has 3 aromatic rings. The molecule has 0 bridgehead atoms. The first-order chi connectivity index (χ1) is 12.2. The topological polar surface area (TPSA) is 65.5 Å². The van der Waals surface area contributed by atoms with Gasteiger partial charge in [0.15, 0.2) is 0 Å². The van der Waals surface area contributed by atoms with Gasteiger partial charge in [-0.25, -0.2) is 0 Å². The summed E-state index contributed by atoms with van der Waals surface area (Å²) in [7, 11) is 0. The number of carbonyl (C=O) groups excluding carboxylic acids is 1. The number of nitrogens with zero attached hydrogens (tertiary/aromatic N) is 2. The molecule has 1 aliphatic rings. The molecule has 1 aromatic heterocycles. The van der Waals surface area contributed by atoms with Crippen LogP contribution in [0.4, 0.5) is 5.69 Å². The van der Waals surface area contributed by atoms with Crippen molar-refractivity contribution >= 4 is 11.6 Å². The summed E-state index contributed by atoms with van der Waals surface area (Å²) < 4.78 is 0. The van der Waals surface area contributed by atoms with Crippen molar-refractivity contribution in [2.24, 2.45) is 0 Å². The Morgan fingerprint density at radius 1 is 1.08 bits per heavy atom. The highest BCUT2D eigenvalue weighted by Gasteiger charge is 2.32. The molecule has 1 atom stereocenters. The van der Waals surface area contributed by atoms with E-state index in [1.165, 1.54) is 0 Å². The molecule has 0 spiro atoms. The maximum Gasteiger partial charge on any atom is 0.258 e. The number of phenolic OH excluding ortho intramolecular Hbond substituents is 1. The zero-order valence-electron chi connectivity index (χ0n) is 13.5. The van der Waals surface area contributed by atoms with Gasteiger partial charge in [0.1, 0.15) is 11.9 Å². The van der Waals surface area contributed by atoms with Crippen LogP contribution >= 0.6 is 0 Å². The standard InChI is InChI=1S/C20H17N3O2/c24-16-7-3-6-15(11-16)19-22-18-9-2-1-8-17(18)20(25)23(19)13-14-5-4-10-21-12-14/h1-12,19,22,24H,13H2. The Kier molecular flexibility index (Phi) is 3.82. The van der Waals surface area contributed by atoms with Crippen LogP contribution in [0, 0.1) is 0 Å². The summed E-state index contributed by atoms with van der Waals surface area (Å²) in [5.41, 5.74) is 3.21. The minimum absolute atomic E-state index is 0.0495. The molecule has 0 fully saturated rings. The maximum atomic E-state index is 13.1. The van der Waals surface area contributed by atoms with E-state index in [-0.39, 0.29) is 17.8 Å². The molecule has 0 saturated carbocycles. The third-order valence-corrected chi connectivity index (χ3v) is 4.28. The Labute approximate surface area is 145 Å². The van der Waals surface area contributed by atoms with E-state index >= 15 is 0 Å². The fraction of sp³-hybridized carbons (Fsp3) is 0.100. The van der Waals surface area contributed by atoms with Crippen molar-refractivity contribution in [3.63, 3.8) is 0 Å². The van der Waals surface area contributed by atoms with Crippen LogP contribution in [-0.2, 0) is 6.54 Å². The van der Waals surface area contributed by atoms with Gasteiger partial charge >= 0.3 is 0 Å². The number of pyridine rings is 1. The summed E-state index contributed by atoms with van der Waals surface area (Å²) >= 11 is 0. The third-order valence-electron chi connectivity index (χ3n) is 4.28. The van der Waals surface area contributed by atoms with Gasteiger partial charge in [0, 0.05) is 24.6 Å². The van der Waals surface area contributed by atoms with Crippen LogP contribution in [0.3, 0.4) is 0 Å². The van der Waals surface area contributed by atoms with E-state index in [1.54, 1.807) is 35.5 Å². The number of nitrogens with one attached hydrogen (secondary N) is 1. The maximum absolute atomic E-state index is 13.1. The summed E-state index contributed by atoms with van der Waals surface area (Å²) in [4.78, 5) is 19.0. The molecule has 2 aromatic carbocycles. The zero-order valence-corrected chi connectivity index (χ0v) is 13.5. The Bertz CT molecular complexity index is 912. The summed E-state index contributed by atoms with van der Waals surface area (Å²) in [6.45, 7) is 0.425. The number of fused-ring (bicyclic) bond motifs is 1. The van der Waals surface area contributed by atoms with Crippen molar-refractivity contribution in [2.45, 2.75) is 12.7 Å². The van der Waals surface area contributed by atoms with Gasteiger partial charge in [-0.15, -0.1) is 0 Å². The average Bonchev–Trinajstić information content (AvgIpc) is 2.65. The third kappa shape index (κ3) is 2.92. The summed E-state index contributed by atoms with van der Waals surface area (Å²) in [5, 5.41) is 13.3. The Morgan fingerprint density at radius 3 is 2.76 bits per heavy atom. The quantitative estimate of drug-likeness (QED) is 0.770. The lowest BCUT2D eigenvalue weighted by molar-refractivity contribution is 0.0666. The van der Waals surface area contributed by atoms with Crippen molar-refractivity contribution in [1.29, 1.82) is 0 Å². The lowest BCUT2D eigenvalue weighted by atomic mass is 10.0. The van der Waals surface area contributed by atoms with Crippen molar-refractivity contribution in [3.05, 3.63) is 89.7 Å². The Hall–Kier alpha value is -3.34. The van der Waals surface area contributed by atoms with Gasteiger partial charge in [-0.3, -0.25) is 9.78 Å². The monoisotopic (exact) mass is 331 g/mol. The van der Waals surface area contributed by atoms with Crippen molar-refractivity contribution in [1.82, 2.24) is 9.88 Å². The van der Waals surface area contributed by atoms with Gasteiger partial charge in [-0.05, 0) is 41.5 Å². The number of benzene rings is 2. The van der Waals surface area contributed by atoms with Gasteiger partial charge in [-0.2, -0.15) is 0 Å². The summed E-state index contributed by atoms with van der Waals surface area (Å²) in [6, 6.07) is 18.2. The van der Waals surface area contributed by atoms with Gasteiger partial charge in [0.05, 0.1) is 5.56 Å². The highest BCUT2D eigenvalue weighted by molar-refractivity contribution is 6.01. The molecule has 1 unspecified atom stereocenters. The number of rotatable bonds is 3. The van der Waals surface area contributed by atoms with Gasteiger partial charge in [0.25, 0.3) is 5.91 Å². The van der Waals surface area contributed by atoms with Gasteiger partial charge in [0.2, 0.25) is 0 Å².